The van der Waals surface area contributed by atoms with Crippen LogP contribution in [0.1, 0.15) is 23.7 Å². The number of aromatic nitrogens is 2. The maximum Gasteiger partial charge on any atom is 0.312 e. The summed E-state index contributed by atoms with van der Waals surface area (Å²) in [5.41, 5.74) is 1.23. The monoisotopic (exact) mass is 176 g/mol. The molecule has 1 atom stereocenters. The first-order valence-electron chi connectivity index (χ1n) is 3.99. The highest BCUT2D eigenvalue weighted by Crippen LogP contribution is 2.26. The van der Waals surface area contributed by atoms with Crippen molar-refractivity contribution in [1.29, 1.82) is 0 Å². The van der Waals surface area contributed by atoms with E-state index >= 15 is 0 Å². The molecule has 4 nitrogen and oxygen atoms in total. The molecule has 0 fully saturated rings. The molecule has 0 bridgehead atoms. The standard InChI is InChI=1S/C9H8N2O2/c12-9(13)6-2-1-3-7-8(6)11-5-4-10-7/h1,3-6H,2H2,(H,12,13). The number of hydrogen-bond donors (Lipinski definition) is 1. The summed E-state index contributed by atoms with van der Waals surface area (Å²) in [5.74, 6) is -1.38. The summed E-state index contributed by atoms with van der Waals surface area (Å²) in [4.78, 5) is 18.9. The number of fused-ring (bicyclic) bond motifs is 1. The Labute approximate surface area is 75.0 Å². The fourth-order valence-electron chi connectivity index (χ4n) is 1.40. The zero-order valence-corrected chi connectivity index (χ0v) is 6.84. The molecule has 13 heavy (non-hydrogen) atoms. The van der Waals surface area contributed by atoms with Crippen molar-refractivity contribution in [3.8, 4) is 0 Å². The van der Waals surface area contributed by atoms with Crippen LogP contribution in [0.15, 0.2) is 18.5 Å². The Morgan fingerprint density at radius 1 is 1.46 bits per heavy atom. The number of aliphatic carboxylic acids is 1. The van der Waals surface area contributed by atoms with E-state index in [2.05, 4.69) is 9.97 Å². The van der Waals surface area contributed by atoms with E-state index in [1.54, 1.807) is 6.20 Å². The molecule has 0 radical (unpaired) electrons. The predicted octanol–water partition coefficient (Wildman–Crippen LogP) is 1.06. The van der Waals surface area contributed by atoms with Crippen molar-refractivity contribution in [2.24, 2.45) is 0 Å². The van der Waals surface area contributed by atoms with E-state index in [9.17, 15) is 4.79 Å². The first-order chi connectivity index (χ1) is 6.29. The van der Waals surface area contributed by atoms with E-state index in [0.29, 0.717) is 17.8 Å². The maximum absolute atomic E-state index is 10.8. The summed E-state index contributed by atoms with van der Waals surface area (Å²) >= 11 is 0. The Kier molecular flexibility index (Phi) is 1.81. The first kappa shape index (κ1) is 7.91. The molecule has 4 heteroatoms. The molecule has 1 aliphatic carbocycles. The number of allylic oxidation sites excluding steroid dienone is 1. The van der Waals surface area contributed by atoms with E-state index in [-0.39, 0.29) is 0 Å². The summed E-state index contributed by atoms with van der Waals surface area (Å²) in [6, 6.07) is 0. The number of hydrogen-bond acceptors (Lipinski definition) is 3. The van der Waals surface area contributed by atoms with Gasteiger partial charge in [-0.1, -0.05) is 6.08 Å². The van der Waals surface area contributed by atoms with Gasteiger partial charge < -0.3 is 5.11 Å². The van der Waals surface area contributed by atoms with Gasteiger partial charge in [-0.2, -0.15) is 0 Å². The van der Waals surface area contributed by atoms with Crippen LogP contribution in [0.2, 0.25) is 0 Å². The van der Waals surface area contributed by atoms with Gasteiger partial charge in [-0.15, -0.1) is 0 Å². The minimum Gasteiger partial charge on any atom is -0.481 e. The SMILES string of the molecule is O=C(O)C1CC=Cc2nccnc21. The third-order valence-electron chi connectivity index (χ3n) is 2.03. The molecular formula is C9H8N2O2. The summed E-state index contributed by atoms with van der Waals surface area (Å²) in [6.45, 7) is 0. The van der Waals surface area contributed by atoms with Crippen LogP contribution in [-0.2, 0) is 4.79 Å². The largest absolute Gasteiger partial charge is 0.481 e. The fraction of sp³-hybridized carbons (Fsp3) is 0.222. The van der Waals surface area contributed by atoms with E-state index in [0.717, 1.165) is 0 Å². The Balaban J connectivity index is 2.49. The van der Waals surface area contributed by atoms with Crippen molar-refractivity contribution in [3.05, 3.63) is 29.9 Å². The molecule has 1 heterocycles. The van der Waals surface area contributed by atoms with Gasteiger partial charge >= 0.3 is 5.97 Å². The van der Waals surface area contributed by atoms with Crippen LogP contribution >= 0.6 is 0 Å². The van der Waals surface area contributed by atoms with E-state index < -0.39 is 11.9 Å². The molecule has 0 saturated carbocycles. The average molecular weight is 176 g/mol. The molecule has 0 saturated heterocycles. The maximum atomic E-state index is 10.8. The minimum atomic E-state index is -0.842. The van der Waals surface area contributed by atoms with Crippen molar-refractivity contribution >= 4 is 12.0 Å². The number of carbonyl (C=O) groups is 1. The summed E-state index contributed by atoms with van der Waals surface area (Å²) in [5, 5.41) is 8.88. The number of carboxylic acids is 1. The van der Waals surface area contributed by atoms with E-state index in [1.165, 1.54) is 6.20 Å². The van der Waals surface area contributed by atoms with Crippen LogP contribution in [-0.4, -0.2) is 21.0 Å². The molecule has 0 amide bonds. The molecule has 0 aromatic carbocycles. The Hall–Kier alpha value is -1.71. The lowest BCUT2D eigenvalue weighted by Crippen LogP contribution is -2.16. The molecule has 66 valence electrons. The zero-order valence-electron chi connectivity index (χ0n) is 6.84. The summed E-state index contributed by atoms with van der Waals surface area (Å²) in [6.07, 6.45) is 7.21. The number of carboxylic acid groups (broad SMARTS) is 1. The van der Waals surface area contributed by atoms with Gasteiger partial charge in [-0.05, 0) is 12.5 Å². The summed E-state index contributed by atoms with van der Waals surface area (Å²) < 4.78 is 0. The van der Waals surface area contributed by atoms with Gasteiger partial charge in [-0.3, -0.25) is 14.8 Å². The van der Waals surface area contributed by atoms with Crippen LogP contribution in [0, 0.1) is 0 Å². The molecule has 0 spiro atoms. The van der Waals surface area contributed by atoms with Crippen molar-refractivity contribution in [2.75, 3.05) is 0 Å². The highest BCUT2D eigenvalue weighted by molar-refractivity contribution is 5.78. The lowest BCUT2D eigenvalue weighted by molar-refractivity contribution is -0.138. The number of nitrogens with zero attached hydrogens (tertiary/aromatic N) is 2. The Bertz CT molecular complexity index is 374. The molecule has 1 aromatic rings. The highest BCUT2D eigenvalue weighted by Gasteiger charge is 2.25. The van der Waals surface area contributed by atoms with E-state index in [1.807, 2.05) is 12.2 Å². The van der Waals surface area contributed by atoms with Gasteiger partial charge in [0, 0.05) is 12.4 Å². The fourth-order valence-corrected chi connectivity index (χ4v) is 1.40. The quantitative estimate of drug-likeness (QED) is 0.695. The van der Waals surface area contributed by atoms with Crippen LogP contribution in [0.25, 0.3) is 6.08 Å². The predicted molar refractivity (Wildman–Crippen MR) is 46.1 cm³/mol. The van der Waals surface area contributed by atoms with Crippen LogP contribution in [0.5, 0.6) is 0 Å². The topological polar surface area (TPSA) is 63.1 Å². The molecule has 1 aliphatic rings. The third-order valence-corrected chi connectivity index (χ3v) is 2.03. The molecule has 2 rings (SSSR count). The van der Waals surface area contributed by atoms with Gasteiger partial charge in [0.15, 0.2) is 0 Å². The average Bonchev–Trinajstić information content (AvgIpc) is 2.17. The molecule has 1 unspecified atom stereocenters. The lowest BCUT2D eigenvalue weighted by atomic mass is 9.95. The normalized spacial score (nSPS) is 19.5. The van der Waals surface area contributed by atoms with Crippen LogP contribution in [0.4, 0.5) is 0 Å². The van der Waals surface area contributed by atoms with Crippen molar-refractivity contribution < 1.29 is 9.90 Å². The molecular weight excluding hydrogens is 168 g/mol. The molecule has 0 aliphatic heterocycles. The summed E-state index contributed by atoms with van der Waals surface area (Å²) in [7, 11) is 0. The second-order valence-electron chi connectivity index (χ2n) is 2.86. The Morgan fingerprint density at radius 2 is 2.23 bits per heavy atom. The van der Waals surface area contributed by atoms with Gasteiger partial charge in [0.1, 0.15) is 5.92 Å². The van der Waals surface area contributed by atoms with Crippen LogP contribution < -0.4 is 0 Å². The molecule has 1 aromatic heterocycles. The van der Waals surface area contributed by atoms with Crippen molar-refractivity contribution in [2.45, 2.75) is 12.3 Å². The lowest BCUT2D eigenvalue weighted by Gasteiger charge is -2.14. The second-order valence-corrected chi connectivity index (χ2v) is 2.86. The van der Waals surface area contributed by atoms with Gasteiger partial charge in [0.2, 0.25) is 0 Å². The van der Waals surface area contributed by atoms with E-state index in [4.69, 9.17) is 5.11 Å². The van der Waals surface area contributed by atoms with Crippen molar-refractivity contribution in [1.82, 2.24) is 9.97 Å². The van der Waals surface area contributed by atoms with Crippen LogP contribution in [0.3, 0.4) is 0 Å². The van der Waals surface area contributed by atoms with Crippen molar-refractivity contribution in [3.63, 3.8) is 0 Å². The second kappa shape index (κ2) is 2.97. The Morgan fingerprint density at radius 3 is 3.00 bits per heavy atom. The highest BCUT2D eigenvalue weighted by atomic mass is 16.4. The molecule has 1 N–H and O–H groups in total. The minimum absolute atomic E-state index is 0.501. The van der Waals surface area contributed by atoms with Gasteiger partial charge in [0.05, 0.1) is 11.4 Å². The smallest absolute Gasteiger partial charge is 0.312 e. The number of rotatable bonds is 1. The van der Waals surface area contributed by atoms with Gasteiger partial charge in [-0.25, -0.2) is 0 Å². The zero-order chi connectivity index (χ0) is 9.26. The third kappa shape index (κ3) is 1.30. The van der Waals surface area contributed by atoms with Gasteiger partial charge in [0.25, 0.3) is 0 Å². The first-order valence-corrected chi connectivity index (χ1v) is 3.99.